The van der Waals surface area contributed by atoms with E-state index in [4.69, 9.17) is 11.6 Å². The molecule has 0 aliphatic rings. The second-order valence-corrected chi connectivity index (χ2v) is 5.03. The first-order valence-corrected chi connectivity index (χ1v) is 5.96. The molecule has 0 radical (unpaired) electrons. The molecule has 3 nitrogen and oxygen atoms in total. The zero-order chi connectivity index (χ0) is 11.0. The Labute approximate surface area is 97.5 Å². The van der Waals surface area contributed by atoms with Crippen molar-refractivity contribution in [2.45, 2.75) is 19.8 Å². The lowest BCUT2D eigenvalue weighted by molar-refractivity contribution is 0.890. The Bertz CT molecular complexity index is 493. The number of anilines is 1. The van der Waals surface area contributed by atoms with Crippen molar-refractivity contribution in [3.05, 3.63) is 16.1 Å². The lowest BCUT2D eigenvalue weighted by Crippen LogP contribution is -1.95. The highest BCUT2D eigenvalue weighted by Crippen LogP contribution is 2.33. The van der Waals surface area contributed by atoms with Gasteiger partial charge in [-0.1, -0.05) is 25.4 Å². The fourth-order valence-corrected chi connectivity index (χ4v) is 2.62. The van der Waals surface area contributed by atoms with Crippen LogP contribution in [0.25, 0.3) is 10.2 Å². The lowest BCUT2D eigenvalue weighted by Gasteiger charge is -1.98. The molecule has 0 amide bonds. The molecule has 0 aliphatic carbocycles. The maximum Gasteiger partial charge on any atom is 0.225 e. The fourth-order valence-electron chi connectivity index (χ4n) is 1.30. The topological polar surface area (TPSA) is 37.8 Å². The predicted octanol–water partition coefficient (Wildman–Crippen LogP) is 3.51. The smallest absolute Gasteiger partial charge is 0.225 e. The highest BCUT2D eigenvalue weighted by molar-refractivity contribution is 7.18. The molecule has 2 aromatic rings. The summed E-state index contributed by atoms with van der Waals surface area (Å²) in [4.78, 5) is 10.7. The molecule has 0 unspecified atom stereocenters. The van der Waals surface area contributed by atoms with Gasteiger partial charge in [0.05, 0.1) is 0 Å². The quantitative estimate of drug-likeness (QED) is 0.818. The van der Waals surface area contributed by atoms with Crippen LogP contribution in [0.3, 0.4) is 0 Å². The number of nitrogens with one attached hydrogen (secondary N) is 1. The van der Waals surface area contributed by atoms with Crippen molar-refractivity contribution < 1.29 is 0 Å². The minimum absolute atomic E-state index is 0.498. The lowest BCUT2D eigenvalue weighted by atomic mass is 10.2. The minimum Gasteiger partial charge on any atom is -0.357 e. The van der Waals surface area contributed by atoms with Gasteiger partial charge in [-0.25, -0.2) is 9.97 Å². The molecular formula is C10H12ClN3S. The molecule has 0 aliphatic heterocycles. The number of nitrogens with zero attached hydrogens (tertiary/aromatic N) is 2. The third kappa shape index (κ3) is 1.92. The van der Waals surface area contributed by atoms with E-state index in [1.54, 1.807) is 18.4 Å². The van der Waals surface area contributed by atoms with Gasteiger partial charge >= 0.3 is 0 Å². The molecule has 2 aromatic heterocycles. The van der Waals surface area contributed by atoms with Crippen LogP contribution in [0.1, 0.15) is 24.6 Å². The largest absolute Gasteiger partial charge is 0.357 e. The number of fused-ring (bicyclic) bond motifs is 1. The van der Waals surface area contributed by atoms with Gasteiger partial charge in [-0.2, -0.15) is 0 Å². The number of hydrogen-bond acceptors (Lipinski definition) is 4. The number of aromatic nitrogens is 2. The van der Waals surface area contributed by atoms with Crippen molar-refractivity contribution in [3.8, 4) is 0 Å². The SMILES string of the molecule is CNc1nc(Cl)c2cc(C(C)C)sc2n1. The van der Waals surface area contributed by atoms with Crippen LogP contribution < -0.4 is 5.32 Å². The molecule has 0 saturated heterocycles. The first-order chi connectivity index (χ1) is 7.11. The summed E-state index contributed by atoms with van der Waals surface area (Å²) in [5.41, 5.74) is 0. The van der Waals surface area contributed by atoms with Crippen molar-refractivity contribution in [2.75, 3.05) is 12.4 Å². The van der Waals surface area contributed by atoms with Gasteiger partial charge in [0.25, 0.3) is 0 Å². The van der Waals surface area contributed by atoms with Gasteiger partial charge in [-0.15, -0.1) is 11.3 Å². The van der Waals surface area contributed by atoms with Gasteiger partial charge in [-0.3, -0.25) is 0 Å². The van der Waals surface area contributed by atoms with Gasteiger partial charge < -0.3 is 5.32 Å². The van der Waals surface area contributed by atoms with Crippen molar-refractivity contribution in [1.29, 1.82) is 0 Å². The second kappa shape index (κ2) is 3.94. The summed E-state index contributed by atoms with van der Waals surface area (Å²) in [6, 6.07) is 2.08. The van der Waals surface area contributed by atoms with E-state index < -0.39 is 0 Å². The van der Waals surface area contributed by atoms with Gasteiger partial charge in [0.15, 0.2) is 0 Å². The van der Waals surface area contributed by atoms with Crippen LogP contribution in [0.15, 0.2) is 6.07 Å². The van der Waals surface area contributed by atoms with Gasteiger partial charge in [-0.05, 0) is 12.0 Å². The second-order valence-electron chi connectivity index (χ2n) is 3.61. The van der Waals surface area contributed by atoms with Gasteiger partial charge in [0.2, 0.25) is 5.95 Å². The van der Waals surface area contributed by atoms with Crippen LogP contribution in [0, 0.1) is 0 Å². The fraction of sp³-hybridized carbons (Fsp3) is 0.400. The van der Waals surface area contributed by atoms with Crippen molar-refractivity contribution in [2.24, 2.45) is 0 Å². The van der Waals surface area contributed by atoms with E-state index in [9.17, 15) is 0 Å². The number of hydrogen-bond donors (Lipinski definition) is 1. The number of thiophene rings is 1. The normalized spacial score (nSPS) is 11.3. The third-order valence-electron chi connectivity index (χ3n) is 2.16. The summed E-state index contributed by atoms with van der Waals surface area (Å²) in [6.45, 7) is 4.32. The Balaban J connectivity index is 2.64. The summed E-state index contributed by atoms with van der Waals surface area (Å²) < 4.78 is 0. The average molecular weight is 242 g/mol. The Morgan fingerprint density at radius 1 is 1.40 bits per heavy atom. The molecule has 15 heavy (non-hydrogen) atoms. The van der Waals surface area contributed by atoms with Crippen molar-refractivity contribution in [3.63, 3.8) is 0 Å². The molecular weight excluding hydrogens is 230 g/mol. The standard InChI is InChI=1S/C10H12ClN3S/c1-5(2)7-4-6-8(11)13-10(12-3)14-9(6)15-7/h4-5H,1-3H3,(H,12,13,14). The van der Waals surface area contributed by atoms with Crippen molar-refractivity contribution in [1.82, 2.24) is 9.97 Å². The molecule has 0 aromatic carbocycles. The zero-order valence-electron chi connectivity index (χ0n) is 8.84. The van der Waals surface area contributed by atoms with Crippen molar-refractivity contribution >= 4 is 39.1 Å². The van der Waals surface area contributed by atoms with Gasteiger partial charge in [0.1, 0.15) is 9.98 Å². The Morgan fingerprint density at radius 3 is 2.73 bits per heavy atom. The van der Waals surface area contributed by atoms with E-state index in [0.29, 0.717) is 17.0 Å². The molecule has 0 saturated carbocycles. The molecule has 0 bridgehead atoms. The number of halogens is 1. The Kier molecular flexibility index (Phi) is 2.80. The minimum atomic E-state index is 0.498. The molecule has 0 atom stereocenters. The molecule has 0 spiro atoms. The first kappa shape index (κ1) is 10.6. The summed E-state index contributed by atoms with van der Waals surface area (Å²) in [7, 11) is 1.79. The average Bonchev–Trinajstić information content (AvgIpc) is 2.61. The van der Waals surface area contributed by atoms with Crippen LogP contribution in [0.2, 0.25) is 5.15 Å². The van der Waals surface area contributed by atoms with Crippen LogP contribution >= 0.6 is 22.9 Å². The molecule has 2 heterocycles. The van der Waals surface area contributed by atoms with E-state index in [2.05, 4.69) is 35.2 Å². The molecule has 2 rings (SSSR count). The first-order valence-electron chi connectivity index (χ1n) is 4.76. The monoisotopic (exact) mass is 241 g/mol. The van der Waals surface area contributed by atoms with Crippen LogP contribution in [-0.2, 0) is 0 Å². The molecule has 0 fully saturated rings. The van der Waals surface area contributed by atoms with Crippen LogP contribution in [-0.4, -0.2) is 17.0 Å². The van der Waals surface area contributed by atoms with E-state index in [0.717, 1.165) is 10.2 Å². The zero-order valence-corrected chi connectivity index (χ0v) is 10.4. The van der Waals surface area contributed by atoms with Gasteiger partial charge in [0, 0.05) is 17.3 Å². The summed E-state index contributed by atoms with van der Waals surface area (Å²) in [5, 5.41) is 4.37. The van der Waals surface area contributed by atoms with Crippen LogP contribution in [0.4, 0.5) is 5.95 Å². The highest BCUT2D eigenvalue weighted by Gasteiger charge is 2.11. The van der Waals surface area contributed by atoms with E-state index >= 15 is 0 Å². The van der Waals surface area contributed by atoms with E-state index in [1.165, 1.54) is 4.88 Å². The Morgan fingerprint density at radius 2 is 2.13 bits per heavy atom. The molecule has 1 N–H and O–H groups in total. The maximum atomic E-state index is 6.07. The van der Waals surface area contributed by atoms with E-state index in [1.807, 2.05) is 0 Å². The third-order valence-corrected chi connectivity index (χ3v) is 3.78. The predicted molar refractivity (Wildman–Crippen MR) is 66.1 cm³/mol. The highest BCUT2D eigenvalue weighted by atomic mass is 35.5. The molecule has 80 valence electrons. The summed E-state index contributed by atoms with van der Waals surface area (Å²) in [5.74, 6) is 1.07. The Hall–Kier alpha value is -0.870. The number of rotatable bonds is 2. The van der Waals surface area contributed by atoms with E-state index in [-0.39, 0.29) is 0 Å². The summed E-state index contributed by atoms with van der Waals surface area (Å²) >= 11 is 7.75. The van der Waals surface area contributed by atoms with Crippen LogP contribution in [0.5, 0.6) is 0 Å². The summed E-state index contributed by atoms with van der Waals surface area (Å²) in [6.07, 6.45) is 0. The molecule has 5 heteroatoms. The maximum absolute atomic E-state index is 6.07.